The van der Waals surface area contributed by atoms with E-state index in [-0.39, 0.29) is 11.8 Å². The fourth-order valence-electron chi connectivity index (χ4n) is 3.84. The van der Waals surface area contributed by atoms with Crippen LogP contribution in [0.5, 0.6) is 11.5 Å². The number of allylic oxidation sites excluding steroid dienone is 1. The van der Waals surface area contributed by atoms with Crippen LogP contribution in [0.3, 0.4) is 0 Å². The van der Waals surface area contributed by atoms with Crippen molar-refractivity contribution in [2.75, 3.05) is 13.7 Å². The van der Waals surface area contributed by atoms with Gasteiger partial charge in [0.25, 0.3) is 0 Å². The van der Waals surface area contributed by atoms with Crippen LogP contribution in [-0.4, -0.2) is 29.2 Å². The lowest BCUT2D eigenvalue weighted by molar-refractivity contribution is -0.122. The largest absolute Gasteiger partial charge is 0.493 e. The smallest absolute Gasteiger partial charge is 0.223 e. The molecule has 32 heavy (non-hydrogen) atoms. The van der Waals surface area contributed by atoms with Crippen molar-refractivity contribution >= 4 is 16.9 Å². The van der Waals surface area contributed by atoms with E-state index in [0.29, 0.717) is 13.2 Å². The van der Waals surface area contributed by atoms with Gasteiger partial charge in [-0.3, -0.25) is 4.79 Å². The number of carbonyl (C=O) groups is 1. The zero-order chi connectivity index (χ0) is 22.3. The molecule has 0 bridgehead atoms. The first-order valence-electron chi connectivity index (χ1n) is 11.3. The van der Waals surface area contributed by atoms with Crippen LogP contribution in [0.15, 0.2) is 55.1 Å². The Hall–Kier alpha value is -3.28. The van der Waals surface area contributed by atoms with Crippen LogP contribution in [0, 0.1) is 5.92 Å². The minimum absolute atomic E-state index is 0.144. The zero-order valence-corrected chi connectivity index (χ0v) is 18.7. The molecular formula is C26H31N3O3. The summed E-state index contributed by atoms with van der Waals surface area (Å²) in [5, 5.41) is 3.04. The predicted octanol–water partition coefficient (Wildman–Crippen LogP) is 4.66. The highest BCUT2D eigenvalue weighted by molar-refractivity contribution is 5.81. The molecule has 0 aliphatic heterocycles. The number of benzene rings is 2. The second-order valence-corrected chi connectivity index (χ2v) is 8.19. The zero-order valence-electron chi connectivity index (χ0n) is 18.7. The number of nitrogens with one attached hydrogen (secondary N) is 1. The molecule has 1 saturated carbocycles. The normalized spacial score (nSPS) is 13.2. The number of unbranched alkanes of at least 4 members (excludes halogenated alkanes) is 1. The Morgan fingerprint density at radius 3 is 2.84 bits per heavy atom. The molecule has 1 aliphatic carbocycles. The van der Waals surface area contributed by atoms with Crippen molar-refractivity contribution in [3.8, 4) is 11.5 Å². The number of aromatic nitrogens is 2. The lowest BCUT2D eigenvalue weighted by atomic mass is 10.1. The molecule has 4 rings (SSSR count). The predicted molar refractivity (Wildman–Crippen MR) is 126 cm³/mol. The highest BCUT2D eigenvalue weighted by atomic mass is 16.5. The third-order valence-electron chi connectivity index (χ3n) is 5.74. The molecule has 1 amide bonds. The van der Waals surface area contributed by atoms with Gasteiger partial charge in [0, 0.05) is 12.5 Å². The Balaban J connectivity index is 1.33. The van der Waals surface area contributed by atoms with Crippen molar-refractivity contribution in [2.45, 2.75) is 45.2 Å². The second kappa shape index (κ2) is 10.4. The fraction of sp³-hybridized carbons (Fsp3) is 0.385. The first-order chi connectivity index (χ1) is 15.7. The van der Waals surface area contributed by atoms with E-state index in [2.05, 4.69) is 22.5 Å². The van der Waals surface area contributed by atoms with E-state index < -0.39 is 0 Å². The van der Waals surface area contributed by atoms with Crippen LogP contribution >= 0.6 is 0 Å². The van der Waals surface area contributed by atoms with Gasteiger partial charge in [0.1, 0.15) is 5.82 Å². The van der Waals surface area contributed by atoms with Crippen LogP contribution in [0.4, 0.5) is 0 Å². The third-order valence-corrected chi connectivity index (χ3v) is 5.74. The van der Waals surface area contributed by atoms with Crippen molar-refractivity contribution in [1.82, 2.24) is 14.9 Å². The topological polar surface area (TPSA) is 65.4 Å². The van der Waals surface area contributed by atoms with Gasteiger partial charge in [0.2, 0.25) is 5.91 Å². The van der Waals surface area contributed by atoms with Crippen molar-refractivity contribution in [2.24, 2.45) is 5.92 Å². The Morgan fingerprint density at radius 1 is 1.22 bits per heavy atom. The summed E-state index contributed by atoms with van der Waals surface area (Å²) in [5.41, 5.74) is 3.21. The molecule has 6 nitrogen and oxygen atoms in total. The number of carbonyl (C=O) groups excluding carboxylic acids is 1. The van der Waals surface area contributed by atoms with Crippen LogP contribution in [0.25, 0.3) is 11.0 Å². The lowest BCUT2D eigenvalue weighted by Crippen LogP contribution is -2.26. The van der Waals surface area contributed by atoms with E-state index in [0.717, 1.165) is 72.6 Å². The maximum absolute atomic E-state index is 12.1. The van der Waals surface area contributed by atoms with Gasteiger partial charge in [-0.05, 0) is 61.9 Å². The molecule has 1 aliphatic rings. The number of amides is 1. The average Bonchev–Trinajstić information content (AvgIpc) is 3.60. The minimum atomic E-state index is 0.144. The highest BCUT2D eigenvalue weighted by Crippen LogP contribution is 2.29. The molecule has 0 saturated heterocycles. The lowest BCUT2D eigenvalue weighted by Gasteiger charge is -2.13. The summed E-state index contributed by atoms with van der Waals surface area (Å²) in [5.74, 6) is 2.76. The summed E-state index contributed by atoms with van der Waals surface area (Å²) in [7, 11) is 1.66. The summed E-state index contributed by atoms with van der Waals surface area (Å²) in [4.78, 5) is 16.8. The second-order valence-electron chi connectivity index (χ2n) is 8.19. The van der Waals surface area contributed by atoms with Crippen molar-refractivity contribution in [3.05, 3.63) is 66.5 Å². The van der Waals surface area contributed by atoms with Gasteiger partial charge in [0.05, 0.1) is 31.3 Å². The van der Waals surface area contributed by atoms with E-state index in [1.807, 2.05) is 42.5 Å². The van der Waals surface area contributed by atoms with Gasteiger partial charge >= 0.3 is 0 Å². The number of methoxy groups -OCH3 is 1. The summed E-state index contributed by atoms with van der Waals surface area (Å²) in [6, 6.07) is 14.1. The Labute approximate surface area is 189 Å². The number of fused-ring (bicyclic) bond motifs is 1. The molecule has 0 spiro atoms. The highest BCUT2D eigenvalue weighted by Gasteiger charge is 2.29. The number of nitrogens with zero attached hydrogens (tertiary/aromatic N) is 2. The summed E-state index contributed by atoms with van der Waals surface area (Å²) in [6.07, 6.45) is 6.53. The van der Waals surface area contributed by atoms with E-state index >= 15 is 0 Å². The number of imidazole rings is 1. The van der Waals surface area contributed by atoms with Crippen LogP contribution in [0.2, 0.25) is 0 Å². The number of hydrogen-bond acceptors (Lipinski definition) is 4. The maximum Gasteiger partial charge on any atom is 0.223 e. The SMILES string of the molecule is C=CCc1ccc(OCCCCn2c(CNC(=O)C3CC3)nc3ccccc32)c(OC)c1. The molecule has 3 aromatic rings. The van der Waals surface area contributed by atoms with Gasteiger partial charge in [-0.1, -0.05) is 24.3 Å². The van der Waals surface area contributed by atoms with E-state index in [9.17, 15) is 4.79 Å². The van der Waals surface area contributed by atoms with Crippen LogP contribution in [-0.2, 0) is 24.3 Å². The van der Waals surface area contributed by atoms with Gasteiger partial charge < -0.3 is 19.4 Å². The Morgan fingerprint density at radius 2 is 2.06 bits per heavy atom. The molecule has 0 unspecified atom stereocenters. The molecule has 2 aromatic carbocycles. The maximum atomic E-state index is 12.1. The van der Waals surface area contributed by atoms with E-state index in [1.165, 1.54) is 0 Å². The number of para-hydroxylation sites is 2. The minimum Gasteiger partial charge on any atom is -0.493 e. The molecule has 1 heterocycles. The quantitative estimate of drug-likeness (QED) is 0.333. The molecule has 0 atom stereocenters. The molecule has 168 valence electrons. The van der Waals surface area contributed by atoms with Crippen LogP contribution < -0.4 is 14.8 Å². The summed E-state index contributed by atoms with van der Waals surface area (Å²) < 4.78 is 13.7. The van der Waals surface area contributed by atoms with Crippen molar-refractivity contribution in [1.29, 1.82) is 0 Å². The van der Waals surface area contributed by atoms with Crippen molar-refractivity contribution in [3.63, 3.8) is 0 Å². The Kier molecular flexibility index (Phi) is 7.10. The molecule has 1 aromatic heterocycles. The average molecular weight is 434 g/mol. The van der Waals surface area contributed by atoms with Gasteiger partial charge in [-0.15, -0.1) is 6.58 Å². The number of aryl methyl sites for hydroxylation is 1. The number of ether oxygens (including phenoxy) is 2. The standard InChI is InChI=1S/C26H31N3O3/c1-3-8-19-11-14-23(24(17-19)31-2)32-16-7-6-15-29-22-10-5-4-9-21(22)28-25(29)18-27-26(30)20-12-13-20/h3-5,9-11,14,17,20H,1,6-8,12-13,15-16,18H2,2H3,(H,27,30). The molecule has 6 heteroatoms. The van der Waals surface area contributed by atoms with Gasteiger partial charge in [-0.25, -0.2) is 4.98 Å². The van der Waals surface area contributed by atoms with Gasteiger partial charge in [0.15, 0.2) is 11.5 Å². The molecule has 0 radical (unpaired) electrons. The fourth-order valence-corrected chi connectivity index (χ4v) is 3.84. The van der Waals surface area contributed by atoms with Crippen molar-refractivity contribution < 1.29 is 14.3 Å². The molecule has 1 N–H and O–H groups in total. The number of rotatable bonds is 12. The van der Waals surface area contributed by atoms with Crippen LogP contribution in [0.1, 0.15) is 37.1 Å². The molecule has 1 fully saturated rings. The first-order valence-corrected chi connectivity index (χ1v) is 11.3. The third kappa shape index (κ3) is 5.31. The first kappa shape index (κ1) is 21.9. The molecular weight excluding hydrogens is 402 g/mol. The summed E-state index contributed by atoms with van der Waals surface area (Å²) in [6.45, 7) is 5.68. The summed E-state index contributed by atoms with van der Waals surface area (Å²) >= 11 is 0. The monoisotopic (exact) mass is 433 g/mol. The van der Waals surface area contributed by atoms with Gasteiger partial charge in [-0.2, -0.15) is 0 Å². The number of hydrogen-bond donors (Lipinski definition) is 1. The Bertz CT molecular complexity index is 1090. The van der Waals surface area contributed by atoms with E-state index in [4.69, 9.17) is 14.5 Å². The van der Waals surface area contributed by atoms with E-state index in [1.54, 1.807) is 7.11 Å².